The van der Waals surface area contributed by atoms with E-state index in [9.17, 15) is 15.2 Å². The Bertz CT molecular complexity index is 655. The van der Waals surface area contributed by atoms with Gasteiger partial charge in [0.2, 0.25) is 0 Å². The van der Waals surface area contributed by atoms with Crippen LogP contribution < -0.4 is 5.32 Å². The van der Waals surface area contributed by atoms with Gasteiger partial charge in [0.05, 0.1) is 17.1 Å². The highest BCUT2D eigenvalue weighted by Gasteiger charge is 2.23. The number of rotatable bonds is 3. The van der Waals surface area contributed by atoms with E-state index in [1.165, 1.54) is 18.2 Å². The second-order valence-corrected chi connectivity index (χ2v) is 5.38. The highest BCUT2D eigenvalue weighted by molar-refractivity contribution is 5.77. The van der Waals surface area contributed by atoms with Crippen LogP contribution in [0.3, 0.4) is 0 Å². The molecule has 21 heavy (non-hydrogen) atoms. The van der Waals surface area contributed by atoms with Crippen LogP contribution in [0.2, 0.25) is 0 Å². The lowest BCUT2D eigenvalue weighted by atomic mass is 10.1. The van der Waals surface area contributed by atoms with Crippen LogP contribution in [0.25, 0.3) is 11.1 Å². The fourth-order valence-corrected chi connectivity index (χ4v) is 2.71. The number of benzene rings is 1. The molecular weight excluding hydrogens is 274 g/mol. The van der Waals surface area contributed by atoms with Crippen molar-refractivity contribution in [3.8, 4) is 0 Å². The average Bonchev–Trinajstić information content (AvgIpc) is 2.75. The molecule has 2 unspecified atom stereocenters. The van der Waals surface area contributed by atoms with Crippen LogP contribution in [0, 0.1) is 10.1 Å². The van der Waals surface area contributed by atoms with Crippen LogP contribution in [-0.2, 0) is 0 Å². The molecule has 2 aromatic rings. The van der Waals surface area contributed by atoms with E-state index in [1.807, 2.05) is 0 Å². The standard InChI is InChI=1S/C14H17N3O4/c18-12-5-3-1-2-4-10(12)15-14-16-11-8-9(17(19)20)6-7-13(11)21-14/h6-8,10,12,18H,1-5H2,(H,15,16). The highest BCUT2D eigenvalue weighted by Crippen LogP contribution is 2.26. The smallest absolute Gasteiger partial charge is 0.295 e. The van der Waals surface area contributed by atoms with Crippen molar-refractivity contribution < 1.29 is 14.4 Å². The molecule has 2 N–H and O–H groups in total. The predicted octanol–water partition coefficient (Wildman–Crippen LogP) is 2.84. The summed E-state index contributed by atoms with van der Waals surface area (Å²) in [6.45, 7) is 0. The molecule has 1 aliphatic rings. The number of aliphatic hydroxyl groups is 1. The van der Waals surface area contributed by atoms with E-state index in [2.05, 4.69) is 10.3 Å². The summed E-state index contributed by atoms with van der Waals surface area (Å²) in [6.07, 6.45) is 4.41. The fourth-order valence-electron chi connectivity index (χ4n) is 2.71. The lowest BCUT2D eigenvalue weighted by Crippen LogP contribution is -2.32. The van der Waals surface area contributed by atoms with Crippen molar-refractivity contribution in [2.24, 2.45) is 0 Å². The van der Waals surface area contributed by atoms with Crippen LogP contribution >= 0.6 is 0 Å². The normalized spacial score (nSPS) is 22.9. The molecule has 0 radical (unpaired) electrons. The van der Waals surface area contributed by atoms with Crippen molar-refractivity contribution in [1.29, 1.82) is 0 Å². The number of nitro benzene ring substituents is 1. The summed E-state index contributed by atoms with van der Waals surface area (Å²) in [4.78, 5) is 14.5. The number of aromatic nitrogens is 1. The van der Waals surface area contributed by atoms with Crippen LogP contribution in [0.15, 0.2) is 22.6 Å². The van der Waals surface area contributed by atoms with E-state index in [4.69, 9.17) is 4.42 Å². The first-order valence-corrected chi connectivity index (χ1v) is 7.13. The number of non-ortho nitro benzene ring substituents is 1. The Labute approximate surface area is 121 Å². The van der Waals surface area contributed by atoms with Gasteiger partial charge in [-0.25, -0.2) is 0 Å². The molecule has 0 amide bonds. The minimum absolute atomic E-state index is 0.0168. The first-order chi connectivity index (χ1) is 10.1. The third kappa shape index (κ3) is 2.97. The van der Waals surface area contributed by atoms with Gasteiger partial charge < -0.3 is 14.8 Å². The molecule has 1 aromatic heterocycles. The van der Waals surface area contributed by atoms with Gasteiger partial charge in [-0.2, -0.15) is 4.98 Å². The average molecular weight is 291 g/mol. The molecule has 0 bridgehead atoms. The molecule has 112 valence electrons. The molecular formula is C14H17N3O4. The first kappa shape index (κ1) is 13.8. The van der Waals surface area contributed by atoms with Crippen molar-refractivity contribution in [1.82, 2.24) is 4.98 Å². The van der Waals surface area contributed by atoms with Gasteiger partial charge in [0, 0.05) is 12.1 Å². The third-order valence-corrected chi connectivity index (χ3v) is 3.87. The Hall–Kier alpha value is -2.15. The maximum absolute atomic E-state index is 10.7. The molecule has 0 saturated heterocycles. The fraction of sp³-hybridized carbons (Fsp3) is 0.500. The molecule has 1 fully saturated rings. The van der Waals surface area contributed by atoms with Crippen LogP contribution in [-0.4, -0.2) is 27.2 Å². The minimum Gasteiger partial charge on any atom is -0.424 e. The molecule has 1 heterocycles. The summed E-state index contributed by atoms with van der Waals surface area (Å²) in [6, 6.07) is 4.52. The highest BCUT2D eigenvalue weighted by atomic mass is 16.6. The van der Waals surface area contributed by atoms with E-state index in [0.717, 1.165) is 32.1 Å². The van der Waals surface area contributed by atoms with Gasteiger partial charge in [-0.1, -0.05) is 19.3 Å². The molecule has 2 atom stereocenters. The van der Waals surface area contributed by atoms with E-state index in [-0.39, 0.29) is 11.7 Å². The summed E-state index contributed by atoms with van der Waals surface area (Å²) in [5.74, 6) is 0. The number of hydrogen-bond donors (Lipinski definition) is 2. The van der Waals surface area contributed by atoms with Gasteiger partial charge in [0.1, 0.15) is 5.52 Å². The maximum Gasteiger partial charge on any atom is 0.295 e. The summed E-state index contributed by atoms with van der Waals surface area (Å²) < 4.78 is 5.54. The number of nitrogens with one attached hydrogen (secondary N) is 1. The van der Waals surface area contributed by atoms with Gasteiger partial charge in [-0.15, -0.1) is 0 Å². The van der Waals surface area contributed by atoms with Crippen molar-refractivity contribution in [2.75, 3.05) is 5.32 Å². The molecule has 0 spiro atoms. The van der Waals surface area contributed by atoms with E-state index < -0.39 is 11.0 Å². The SMILES string of the molecule is O=[N+]([O-])c1ccc2oc(NC3CCCCCC3O)nc2c1. The Morgan fingerprint density at radius 3 is 2.95 bits per heavy atom. The van der Waals surface area contributed by atoms with Crippen molar-refractivity contribution >= 4 is 22.8 Å². The zero-order valence-corrected chi connectivity index (χ0v) is 11.5. The molecule has 3 rings (SSSR count). The van der Waals surface area contributed by atoms with Crippen LogP contribution in [0.5, 0.6) is 0 Å². The number of nitro groups is 1. The number of oxazole rings is 1. The molecule has 1 aromatic carbocycles. The number of nitrogens with zero attached hydrogens (tertiary/aromatic N) is 2. The van der Waals surface area contributed by atoms with E-state index in [1.54, 1.807) is 0 Å². The van der Waals surface area contributed by atoms with Gasteiger partial charge in [0.25, 0.3) is 11.7 Å². The van der Waals surface area contributed by atoms with Crippen molar-refractivity contribution in [3.05, 3.63) is 28.3 Å². The predicted molar refractivity (Wildman–Crippen MR) is 77.2 cm³/mol. The number of anilines is 1. The monoisotopic (exact) mass is 291 g/mol. The topological polar surface area (TPSA) is 101 Å². The molecule has 7 nitrogen and oxygen atoms in total. The Kier molecular flexibility index (Phi) is 3.74. The zero-order valence-electron chi connectivity index (χ0n) is 11.5. The number of hydrogen-bond acceptors (Lipinski definition) is 6. The maximum atomic E-state index is 10.7. The molecule has 1 aliphatic carbocycles. The first-order valence-electron chi connectivity index (χ1n) is 7.13. The van der Waals surface area contributed by atoms with Crippen LogP contribution in [0.4, 0.5) is 11.7 Å². The number of fused-ring (bicyclic) bond motifs is 1. The third-order valence-electron chi connectivity index (χ3n) is 3.87. The summed E-state index contributed by atoms with van der Waals surface area (Å²) in [5, 5.41) is 23.9. The Balaban J connectivity index is 1.82. The van der Waals surface area contributed by atoms with Crippen molar-refractivity contribution in [2.45, 2.75) is 44.2 Å². The summed E-state index contributed by atoms with van der Waals surface area (Å²) >= 11 is 0. The summed E-state index contributed by atoms with van der Waals surface area (Å²) in [7, 11) is 0. The van der Waals surface area contributed by atoms with Gasteiger partial charge in [-0.3, -0.25) is 10.1 Å². The number of aliphatic hydroxyl groups excluding tert-OH is 1. The van der Waals surface area contributed by atoms with E-state index >= 15 is 0 Å². The molecule has 0 aliphatic heterocycles. The lowest BCUT2D eigenvalue weighted by molar-refractivity contribution is -0.384. The van der Waals surface area contributed by atoms with Gasteiger partial charge in [-0.05, 0) is 18.9 Å². The molecule has 1 saturated carbocycles. The summed E-state index contributed by atoms with van der Waals surface area (Å²) in [5.41, 5.74) is 0.915. The van der Waals surface area contributed by atoms with E-state index in [0.29, 0.717) is 17.1 Å². The quantitative estimate of drug-likeness (QED) is 0.512. The Morgan fingerprint density at radius 2 is 2.14 bits per heavy atom. The largest absolute Gasteiger partial charge is 0.424 e. The van der Waals surface area contributed by atoms with Gasteiger partial charge >= 0.3 is 0 Å². The zero-order chi connectivity index (χ0) is 14.8. The minimum atomic E-state index is -0.462. The second kappa shape index (κ2) is 5.69. The Morgan fingerprint density at radius 1 is 1.33 bits per heavy atom. The van der Waals surface area contributed by atoms with Crippen LogP contribution in [0.1, 0.15) is 32.1 Å². The van der Waals surface area contributed by atoms with Gasteiger partial charge in [0.15, 0.2) is 5.58 Å². The molecule has 7 heteroatoms. The lowest BCUT2D eigenvalue weighted by Gasteiger charge is -2.20. The second-order valence-electron chi connectivity index (χ2n) is 5.38. The van der Waals surface area contributed by atoms with Crippen molar-refractivity contribution in [3.63, 3.8) is 0 Å².